The lowest BCUT2D eigenvalue weighted by Crippen LogP contribution is -2.43. The van der Waals surface area contributed by atoms with Gasteiger partial charge in [-0.1, -0.05) is 24.3 Å². The molecule has 1 aliphatic rings. The molecule has 2 heterocycles. The van der Waals surface area contributed by atoms with Gasteiger partial charge in [0.15, 0.2) is 0 Å². The van der Waals surface area contributed by atoms with Crippen molar-refractivity contribution in [3.63, 3.8) is 0 Å². The van der Waals surface area contributed by atoms with Crippen LogP contribution in [0.2, 0.25) is 0 Å². The summed E-state index contributed by atoms with van der Waals surface area (Å²) in [6.45, 7) is 4.79. The Morgan fingerprint density at radius 1 is 1.30 bits per heavy atom. The van der Waals surface area contributed by atoms with Crippen LogP contribution in [-0.4, -0.2) is 16.8 Å². The molecule has 104 valence electrons. The molecule has 1 aromatic carbocycles. The SMILES string of the molecule is Cc1ccoc1CC(=O)N1Cc2ccccc2CC1C. The summed E-state index contributed by atoms with van der Waals surface area (Å²) in [5.41, 5.74) is 3.66. The van der Waals surface area contributed by atoms with Crippen molar-refractivity contribution in [1.82, 2.24) is 4.90 Å². The number of hydrogen-bond acceptors (Lipinski definition) is 2. The molecule has 3 heteroatoms. The summed E-state index contributed by atoms with van der Waals surface area (Å²) in [7, 11) is 0. The van der Waals surface area contributed by atoms with E-state index in [0.29, 0.717) is 13.0 Å². The average molecular weight is 269 g/mol. The van der Waals surface area contributed by atoms with Crippen LogP contribution in [0.4, 0.5) is 0 Å². The highest BCUT2D eigenvalue weighted by molar-refractivity contribution is 5.79. The van der Waals surface area contributed by atoms with Crippen LogP contribution in [0.25, 0.3) is 0 Å². The van der Waals surface area contributed by atoms with E-state index in [1.807, 2.05) is 24.0 Å². The first kappa shape index (κ1) is 13.0. The Morgan fingerprint density at radius 2 is 2.05 bits per heavy atom. The molecule has 20 heavy (non-hydrogen) atoms. The maximum atomic E-state index is 12.5. The molecule has 0 radical (unpaired) electrons. The Labute approximate surface area is 119 Å². The monoisotopic (exact) mass is 269 g/mol. The molecule has 1 atom stereocenters. The second-order valence-corrected chi connectivity index (χ2v) is 5.55. The van der Waals surface area contributed by atoms with Gasteiger partial charge in [-0.3, -0.25) is 4.79 Å². The van der Waals surface area contributed by atoms with Gasteiger partial charge in [0, 0.05) is 12.6 Å². The summed E-state index contributed by atoms with van der Waals surface area (Å²) >= 11 is 0. The lowest BCUT2D eigenvalue weighted by Gasteiger charge is -2.35. The predicted molar refractivity (Wildman–Crippen MR) is 77.3 cm³/mol. The fraction of sp³-hybridized carbons (Fsp3) is 0.353. The molecule has 1 amide bonds. The van der Waals surface area contributed by atoms with Gasteiger partial charge in [-0.25, -0.2) is 0 Å². The summed E-state index contributed by atoms with van der Waals surface area (Å²) in [6.07, 6.45) is 2.93. The minimum absolute atomic E-state index is 0.144. The molecular weight excluding hydrogens is 250 g/mol. The minimum atomic E-state index is 0.144. The smallest absolute Gasteiger partial charge is 0.230 e. The molecule has 1 aliphatic heterocycles. The maximum absolute atomic E-state index is 12.5. The fourth-order valence-corrected chi connectivity index (χ4v) is 2.84. The Bertz CT molecular complexity index is 629. The van der Waals surface area contributed by atoms with Gasteiger partial charge in [-0.2, -0.15) is 0 Å². The molecule has 0 aliphatic carbocycles. The molecule has 1 aromatic heterocycles. The van der Waals surface area contributed by atoms with Crippen molar-refractivity contribution in [1.29, 1.82) is 0 Å². The minimum Gasteiger partial charge on any atom is -0.469 e. The summed E-state index contributed by atoms with van der Waals surface area (Å²) in [5, 5.41) is 0. The first-order chi connectivity index (χ1) is 9.65. The molecule has 3 rings (SSSR count). The van der Waals surface area contributed by atoms with E-state index >= 15 is 0 Å². The standard InChI is InChI=1S/C17H19NO2/c1-12-7-8-20-16(12)10-17(19)18-11-15-6-4-3-5-14(15)9-13(18)2/h3-8,13H,9-11H2,1-2H3. The van der Waals surface area contributed by atoms with Crippen LogP contribution in [0.5, 0.6) is 0 Å². The highest BCUT2D eigenvalue weighted by Gasteiger charge is 2.27. The second kappa shape index (κ2) is 5.16. The Morgan fingerprint density at radius 3 is 2.75 bits per heavy atom. The Kier molecular flexibility index (Phi) is 3.35. The highest BCUT2D eigenvalue weighted by atomic mass is 16.3. The van der Waals surface area contributed by atoms with E-state index in [-0.39, 0.29) is 11.9 Å². The number of aryl methyl sites for hydroxylation is 1. The lowest BCUT2D eigenvalue weighted by molar-refractivity contribution is -0.133. The number of carbonyl (C=O) groups excluding carboxylic acids is 1. The predicted octanol–water partition coefficient (Wildman–Crippen LogP) is 3.10. The van der Waals surface area contributed by atoms with E-state index < -0.39 is 0 Å². The number of furan rings is 1. The van der Waals surface area contributed by atoms with Gasteiger partial charge >= 0.3 is 0 Å². The van der Waals surface area contributed by atoms with Crippen LogP contribution >= 0.6 is 0 Å². The zero-order chi connectivity index (χ0) is 14.1. The number of carbonyl (C=O) groups is 1. The van der Waals surface area contributed by atoms with Gasteiger partial charge < -0.3 is 9.32 Å². The van der Waals surface area contributed by atoms with Crippen LogP contribution in [0, 0.1) is 6.92 Å². The maximum Gasteiger partial charge on any atom is 0.230 e. The van der Waals surface area contributed by atoms with Gasteiger partial charge in [0.05, 0.1) is 12.7 Å². The van der Waals surface area contributed by atoms with E-state index in [2.05, 4.69) is 25.1 Å². The van der Waals surface area contributed by atoms with E-state index in [1.165, 1.54) is 11.1 Å². The highest BCUT2D eigenvalue weighted by Crippen LogP contribution is 2.24. The molecule has 2 aromatic rings. The molecule has 0 spiro atoms. The molecule has 3 nitrogen and oxygen atoms in total. The third-order valence-electron chi connectivity index (χ3n) is 4.11. The number of hydrogen-bond donors (Lipinski definition) is 0. The fourth-order valence-electron chi connectivity index (χ4n) is 2.84. The van der Waals surface area contributed by atoms with E-state index in [4.69, 9.17) is 4.42 Å². The summed E-state index contributed by atoms with van der Waals surface area (Å²) in [5.74, 6) is 0.922. The molecule has 0 fully saturated rings. The summed E-state index contributed by atoms with van der Waals surface area (Å²) in [6, 6.07) is 10.5. The average Bonchev–Trinajstić information content (AvgIpc) is 2.83. The Balaban J connectivity index is 1.77. The molecule has 0 saturated heterocycles. The van der Waals surface area contributed by atoms with Crippen LogP contribution in [0.1, 0.15) is 29.4 Å². The van der Waals surface area contributed by atoms with Gasteiger partial charge in [0.1, 0.15) is 5.76 Å². The van der Waals surface area contributed by atoms with Gasteiger partial charge in [-0.15, -0.1) is 0 Å². The van der Waals surface area contributed by atoms with Crippen molar-refractivity contribution in [2.45, 2.75) is 39.3 Å². The third-order valence-corrected chi connectivity index (χ3v) is 4.11. The van der Waals surface area contributed by atoms with Crippen molar-refractivity contribution in [2.75, 3.05) is 0 Å². The zero-order valence-electron chi connectivity index (χ0n) is 11.9. The topological polar surface area (TPSA) is 33.5 Å². The van der Waals surface area contributed by atoms with E-state index in [0.717, 1.165) is 17.7 Å². The molecular formula is C17H19NO2. The van der Waals surface area contributed by atoms with Crippen molar-refractivity contribution >= 4 is 5.91 Å². The van der Waals surface area contributed by atoms with Crippen molar-refractivity contribution in [3.8, 4) is 0 Å². The van der Waals surface area contributed by atoms with Crippen molar-refractivity contribution in [3.05, 3.63) is 59.0 Å². The summed E-state index contributed by atoms with van der Waals surface area (Å²) in [4.78, 5) is 14.5. The molecule has 0 saturated carbocycles. The first-order valence-corrected chi connectivity index (χ1v) is 7.04. The largest absolute Gasteiger partial charge is 0.469 e. The van der Waals surface area contributed by atoms with Crippen LogP contribution in [0.15, 0.2) is 41.0 Å². The lowest BCUT2D eigenvalue weighted by atomic mass is 9.94. The number of rotatable bonds is 2. The van der Waals surface area contributed by atoms with Gasteiger partial charge in [-0.05, 0) is 43.0 Å². The van der Waals surface area contributed by atoms with E-state index in [9.17, 15) is 4.79 Å². The number of fused-ring (bicyclic) bond motifs is 1. The summed E-state index contributed by atoms with van der Waals surface area (Å²) < 4.78 is 5.38. The van der Waals surface area contributed by atoms with Crippen molar-refractivity contribution in [2.24, 2.45) is 0 Å². The molecule has 1 unspecified atom stereocenters. The Hall–Kier alpha value is -2.03. The second-order valence-electron chi connectivity index (χ2n) is 5.55. The number of nitrogens with zero attached hydrogens (tertiary/aromatic N) is 1. The zero-order valence-corrected chi connectivity index (χ0v) is 11.9. The van der Waals surface area contributed by atoms with Crippen LogP contribution in [0.3, 0.4) is 0 Å². The normalized spacial score (nSPS) is 17.9. The van der Waals surface area contributed by atoms with Crippen molar-refractivity contribution < 1.29 is 9.21 Å². The van der Waals surface area contributed by atoms with Crippen LogP contribution in [-0.2, 0) is 24.2 Å². The van der Waals surface area contributed by atoms with Gasteiger partial charge in [0.2, 0.25) is 5.91 Å². The molecule has 0 bridgehead atoms. The van der Waals surface area contributed by atoms with Crippen LogP contribution < -0.4 is 0 Å². The quantitative estimate of drug-likeness (QED) is 0.839. The third kappa shape index (κ3) is 2.36. The number of benzene rings is 1. The van der Waals surface area contributed by atoms with E-state index in [1.54, 1.807) is 6.26 Å². The first-order valence-electron chi connectivity index (χ1n) is 7.04. The number of amides is 1. The van der Waals surface area contributed by atoms with Gasteiger partial charge in [0.25, 0.3) is 0 Å². The molecule has 0 N–H and O–H groups in total.